The first kappa shape index (κ1) is 12.6. The van der Waals surface area contributed by atoms with Crippen LogP contribution in [0.2, 0.25) is 0 Å². The minimum absolute atomic E-state index is 0.838. The van der Waals surface area contributed by atoms with Gasteiger partial charge in [0.2, 0.25) is 0 Å². The van der Waals surface area contributed by atoms with Gasteiger partial charge in [0.25, 0.3) is 0 Å². The van der Waals surface area contributed by atoms with Crippen molar-refractivity contribution in [3.8, 4) is 5.75 Å². The maximum Gasteiger partial charge on any atom is 0.147 e. The van der Waals surface area contributed by atoms with Crippen LogP contribution < -0.4 is 4.74 Å². The van der Waals surface area contributed by atoms with Crippen LogP contribution in [0.4, 0.5) is 0 Å². The van der Waals surface area contributed by atoms with Gasteiger partial charge in [0.1, 0.15) is 17.9 Å². The molecular formula is C14H19N3O. The molecule has 4 heteroatoms. The minimum Gasteiger partial charge on any atom is -0.497 e. The highest BCUT2D eigenvalue weighted by Gasteiger charge is 1.97. The van der Waals surface area contributed by atoms with Crippen molar-refractivity contribution in [2.24, 2.45) is 0 Å². The predicted octanol–water partition coefficient (Wildman–Crippen LogP) is 2.62. The Morgan fingerprint density at radius 2 is 1.94 bits per heavy atom. The maximum absolute atomic E-state index is 5.14. The molecular weight excluding hydrogens is 226 g/mol. The Kier molecular flexibility index (Phi) is 4.34. The topological polar surface area (TPSA) is 39.9 Å². The molecule has 2 rings (SSSR count). The van der Waals surface area contributed by atoms with Crippen LogP contribution in [0.15, 0.2) is 30.6 Å². The van der Waals surface area contributed by atoms with Crippen molar-refractivity contribution in [2.75, 3.05) is 7.11 Å². The third kappa shape index (κ3) is 3.58. The van der Waals surface area contributed by atoms with E-state index in [0.29, 0.717) is 0 Å². The molecule has 0 saturated carbocycles. The normalized spacial score (nSPS) is 10.6. The summed E-state index contributed by atoms with van der Waals surface area (Å²) in [5, 5.41) is 4.27. The highest BCUT2D eigenvalue weighted by atomic mass is 16.5. The van der Waals surface area contributed by atoms with Gasteiger partial charge in [0, 0.05) is 6.54 Å². The van der Waals surface area contributed by atoms with E-state index in [-0.39, 0.29) is 0 Å². The van der Waals surface area contributed by atoms with Crippen LogP contribution in [0.25, 0.3) is 0 Å². The van der Waals surface area contributed by atoms with Gasteiger partial charge in [-0.05, 0) is 43.9 Å². The lowest BCUT2D eigenvalue weighted by Crippen LogP contribution is -1.99. The zero-order valence-electron chi connectivity index (χ0n) is 11.0. The van der Waals surface area contributed by atoms with E-state index < -0.39 is 0 Å². The fourth-order valence-electron chi connectivity index (χ4n) is 1.89. The SMILES string of the molecule is COc1ccc(CCCCn2cnc(C)n2)cc1. The molecule has 1 heterocycles. The number of hydrogen-bond donors (Lipinski definition) is 0. The molecule has 2 aromatic rings. The molecule has 0 fully saturated rings. The second-order valence-electron chi connectivity index (χ2n) is 4.36. The van der Waals surface area contributed by atoms with E-state index in [1.54, 1.807) is 13.4 Å². The molecule has 4 nitrogen and oxygen atoms in total. The lowest BCUT2D eigenvalue weighted by molar-refractivity contribution is 0.414. The van der Waals surface area contributed by atoms with E-state index >= 15 is 0 Å². The summed E-state index contributed by atoms with van der Waals surface area (Å²) in [7, 11) is 1.69. The molecule has 0 unspecified atom stereocenters. The summed E-state index contributed by atoms with van der Waals surface area (Å²) in [6.45, 7) is 2.85. The van der Waals surface area contributed by atoms with Crippen molar-refractivity contribution in [3.05, 3.63) is 42.0 Å². The van der Waals surface area contributed by atoms with E-state index in [4.69, 9.17) is 4.74 Å². The first-order valence-corrected chi connectivity index (χ1v) is 6.27. The van der Waals surface area contributed by atoms with Gasteiger partial charge >= 0.3 is 0 Å². The summed E-state index contributed by atoms with van der Waals surface area (Å²) in [6, 6.07) is 8.27. The fourth-order valence-corrected chi connectivity index (χ4v) is 1.89. The monoisotopic (exact) mass is 245 g/mol. The Hall–Kier alpha value is -1.84. The van der Waals surface area contributed by atoms with Crippen LogP contribution in [-0.2, 0) is 13.0 Å². The zero-order chi connectivity index (χ0) is 12.8. The van der Waals surface area contributed by atoms with Crippen molar-refractivity contribution >= 4 is 0 Å². The summed E-state index contributed by atoms with van der Waals surface area (Å²) in [5.41, 5.74) is 1.35. The molecule has 0 radical (unpaired) electrons. The van der Waals surface area contributed by atoms with Gasteiger partial charge < -0.3 is 4.74 Å². The van der Waals surface area contributed by atoms with Gasteiger partial charge in [0.05, 0.1) is 7.11 Å². The van der Waals surface area contributed by atoms with Crippen LogP contribution in [0.1, 0.15) is 24.2 Å². The minimum atomic E-state index is 0.838. The van der Waals surface area contributed by atoms with E-state index in [9.17, 15) is 0 Å². The van der Waals surface area contributed by atoms with Crippen molar-refractivity contribution in [1.29, 1.82) is 0 Å². The van der Waals surface area contributed by atoms with Crippen molar-refractivity contribution in [3.63, 3.8) is 0 Å². The molecule has 0 saturated heterocycles. The molecule has 0 aliphatic carbocycles. The van der Waals surface area contributed by atoms with Crippen molar-refractivity contribution < 1.29 is 4.74 Å². The average Bonchev–Trinajstić information content (AvgIpc) is 2.81. The average molecular weight is 245 g/mol. The number of hydrogen-bond acceptors (Lipinski definition) is 3. The molecule has 0 spiro atoms. The molecule has 0 amide bonds. The number of benzene rings is 1. The second kappa shape index (κ2) is 6.19. The molecule has 0 bridgehead atoms. The first-order valence-electron chi connectivity index (χ1n) is 6.27. The second-order valence-corrected chi connectivity index (χ2v) is 4.36. The van der Waals surface area contributed by atoms with Crippen LogP contribution in [0, 0.1) is 6.92 Å². The number of nitrogens with zero attached hydrogens (tertiary/aromatic N) is 3. The summed E-state index contributed by atoms with van der Waals surface area (Å²) < 4.78 is 7.04. The third-order valence-electron chi connectivity index (χ3n) is 2.91. The van der Waals surface area contributed by atoms with Gasteiger partial charge in [-0.15, -0.1) is 0 Å². The molecule has 1 aromatic carbocycles. The number of rotatable bonds is 6. The summed E-state index contributed by atoms with van der Waals surface area (Å²) in [4.78, 5) is 4.11. The highest BCUT2D eigenvalue weighted by Crippen LogP contribution is 2.13. The molecule has 1 aromatic heterocycles. The number of ether oxygens (including phenoxy) is 1. The Labute approximate surface area is 108 Å². The largest absolute Gasteiger partial charge is 0.497 e. The molecule has 0 N–H and O–H groups in total. The summed E-state index contributed by atoms with van der Waals surface area (Å²) >= 11 is 0. The fraction of sp³-hybridized carbons (Fsp3) is 0.429. The van der Waals surface area contributed by atoms with Crippen LogP contribution >= 0.6 is 0 Å². The lowest BCUT2D eigenvalue weighted by Gasteiger charge is -2.04. The molecule has 0 aliphatic rings. The van der Waals surface area contributed by atoms with Crippen LogP contribution in [0.5, 0.6) is 5.75 Å². The Bertz CT molecular complexity index is 476. The number of methoxy groups -OCH3 is 1. The van der Waals surface area contributed by atoms with E-state index in [1.807, 2.05) is 23.7 Å². The van der Waals surface area contributed by atoms with Crippen molar-refractivity contribution in [2.45, 2.75) is 32.7 Å². The van der Waals surface area contributed by atoms with E-state index in [2.05, 4.69) is 22.2 Å². The van der Waals surface area contributed by atoms with Gasteiger partial charge in [-0.2, -0.15) is 5.10 Å². The van der Waals surface area contributed by atoms with Gasteiger partial charge in [-0.1, -0.05) is 12.1 Å². The van der Waals surface area contributed by atoms with Gasteiger partial charge in [-0.25, -0.2) is 4.98 Å². The highest BCUT2D eigenvalue weighted by molar-refractivity contribution is 5.27. The van der Waals surface area contributed by atoms with E-state index in [0.717, 1.165) is 37.4 Å². The maximum atomic E-state index is 5.14. The standard InChI is InChI=1S/C14H19N3O/c1-12-15-11-17(16-12)10-4-3-5-13-6-8-14(18-2)9-7-13/h6-9,11H,3-5,10H2,1-2H3. The van der Waals surface area contributed by atoms with Crippen LogP contribution in [-0.4, -0.2) is 21.9 Å². The predicted molar refractivity (Wildman–Crippen MR) is 70.7 cm³/mol. The summed E-state index contributed by atoms with van der Waals surface area (Å²) in [5.74, 6) is 1.75. The van der Waals surface area contributed by atoms with Crippen molar-refractivity contribution in [1.82, 2.24) is 14.8 Å². The molecule has 0 atom stereocenters. The summed E-state index contributed by atoms with van der Waals surface area (Å²) in [6.07, 6.45) is 5.17. The number of unbranched alkanes of at least 4 members (excludes halogenated alkanes) is 1. The molecule has 96 valence electrons. The number of aryl methyl sites for hydroxylation is 3. The van der Waals surface area contributed by atoms with E-state index in [1.165, 1.54) is 5.56 Å². The third-order valence-corrected chi connectivity index (χ3v) is 2.91. The quantitative estimate of drug-likeness (QED) is 0.734. The number of aromatic nitrogens is 3. The Balaban J connectivity index is 1.71. The first-order chi connectivity index (χ1) is 8.78. The Morgan fingerprint density at radius 1 is 1.17 bits per heavy atom. The van der Waals surface area contributed by atoms with Gasteiger partial charge in [-0.3, -0.25) is 4.68 Å². The Morgan fingerprint density at radius 3 is 2.56 bits per heavy atom. The smallest absolute Gasteiger partial charge is 0.147 e. The van der Waals surface area contributed by atoms with Crippen LogP contribution in [0.3, 0.4) is 0 Å². The molecule has 18 heavy (non-hydrogen) atoms. The molecule has 0 aliphatic heterocycles. The van der Waals surface area contributed by atoms with Gasteiger partial charge in [0.15, 0.2) is 0 Å². The zero-order valence-corrected chi connectivity index (χ0v) is 11.0. The lowest BCUT2D eigenvalue weighted by atomic mass is 10.1.